The van der Waals surface area contributed by atoms with E-state index in [1.807, 2.05) is 0 Å². The lowest BCUT2D eigenvalue weighted by Crippen LogP contribution is -2.03. The van der Waals surface area contributed by atoms with Gasteiger partial charge in [0.1, 0.15) is 0 Å². The Kier molecular flexibility index (Phi) is 1.98. The minimum absolute atomic E-state index is 0.767. The quantitative estimate of drug-likeness (QED) is 0.479. The maximum atomic E-state index is 2.31. The predicted octanol–water partition coefficient (Wildman–Crippen LogP) is 3.31. The molecule has 56 valence electrons. The average molecular weight is 136 g/mol. The second-order valence-corrected chi connectivity index (χ2v) is 3.46. The summed E-state index contributed by atoms with van der Waals surface area (Å²) in [5.41, 5.74) is 4.55. The number of rotatable bonds is 0. The van der Waals surface area contributed by atoms with Crippen molar-refractivity contribution in [3.63, 3.8) is 0 Å². The fourth-order valence-electron chi connectivity index (χ4n) is 1.39. The smallest absolute Gasteiger partial charge is 0.0194 e. The highest BCUT2D eigenvalue weighted by Crippen LogP contribution is 2.27. The van der Waals surface area contributed by atoms with Gasteiger partial charge in [0.25, 0.3) is 0 Å². The molecule has 0 aromatic rings. The molecule has 1 aliphatic rings. The van der Waals surface area contributed by atoms with E-state index in [0.29, 0.717) is 0 Å². The van der Waals surface area contributed by atoms with Crippen LogP contribution in [-0.4, -0.2) is 0 Å². The summed E-state index contributed by atoms with van der Waals surface area (Å²) in [5.74, 6) is 0.767. The fraction of sp³-hybridized carbons (Fsp3) is 0.600. The molecule has 0 heteroatoms. The Morgan fingerprint density at radius 3 is 2.40 bits per heavy atom. The van der Waals surface area contributed by atoms with E-state index in [4.69, 9.17) is 0 Å². The topological polar surface area (TPSA) is 0 Å². The summed E-state index contributed by atoms with van der Waals surface area (Å²) in [4.78, 5) is 0. The summed E-state index contributed by atoms with van der Waals surface area (Å²) < 4.78 is 0. The van der Waals surface area contributed by atoms with Gasteiger partial charge < -0.3 is 0 Å². The Hall–Kier alpha value is -0.520. The molecule has 0 bridgehead atoms. The van der Waals surface area contributed by atoms with Crippen LogP contribution in [0.5, 0.6) is 0 Å². The summed E-state index contributed by atoms with van der Waals surface area (Å²) in [6.45, 7) is 8.95. The van der Waals surface area contributed by atoms with Gasteiger partial charge in [-0.3, -0.25) is 0 Å². The first-order valence-electron chi connectivity index (χ1n) is 3.96. The van der Waals surface area contributed by atoms with Gasteiger partial charge in [0, 0.05) is 0 Å². The maximum Gasteiger partial charge on any atom is -0.0194 e. The molecule has 0 aliphatic heterocycles. The zero-order chi connectivity index (χ0) is 7.72. The van der Waals surface area contributed by atoms with E-state index in [2.05, 4.69) is 33.8 Å². The maximum absolute atomic E-state index is 2.31. The molecule has 0 saturated carbocycles. The Labute approximate surface area is 63.6 Å². The molecular weight excluding hydrogens is 120 g/mol. The minimum atomic E-state index is 0.767. The van der Waals surface area contributed by atoms with Crippen LogP contribution >= 0.6 is 0 Å². The van der Waals surface area contributed by atoms with E-state index in [1.54, 1.807) is 5.57 Å². The zero-order valence-corrected chi connectivity index (χ0v) is 7.36. The van der Waals surface area contributed by atoms with Crippen LogP contribution in [0.4, 0.5) is 0 Å². The number of hydrogen-bond acceptors (Lipinski definition) is 0. The standard InChI is InChI=1S/C10H16/c1-7-5-9(3)10(4)6-8(7)2/h5,8H,6H2,1-4H3/t8-/m0/s1. The Balaban J connectivity index is 2.88. The first kappa shape index (κ1) is 7.59. The van der Waals surface area contributed by atoms with Crippen molar-refractivity contribution >= 4 is 0 Å². The molecule has 0 nitrogen and oxygen atoms in total. The molecule has 1 rings (SSSR count). The molecule has 1 aliphatic carbocycles. The van der Waals surface area contributed by atoms with Crippen LogP contribution in [0, 0.1) is 5.92 Å². The predicted molar refractivity (Wildman–Crippen MR) is 45.9 cm³/mol. The molecule has 1 atom stereocenters. The zero-order valence-electron chi connectivity index (χ0n) is 7.36. The third-order valence-electron chi connectivity index (χ3n) is 2.51. The molecule has 0 spiro atoms. The minimum Gasteiger partial charge on any atom is -0.0699 e. The third-order valence-corrected chi connectivity index (χ3v) is 2.51. The van der Waals surface area contributed by atoms with Crippen molar-refractivity contribution in [2.24, 2.45) is 5.92 Å². The van der Waals surface area contributed by atoms with E-state index in [9.17, 15) is 0 Å². The molecule has 0 unspecified atom stereocenters. The first-order chi connectivity index (χ1) is 4.61. The monoisotopic (exact) mass is 136 g/mol. The van der Waals surface area contributed by atoms with E-state index in [0.717, 1.165) is 5.92 Å². The van der Waals surface area contributed by atoms with Crippen LogP contribution in [0.3, 0.4) is 0 Å². The second-order valence-electron chi connectivity index (χ2n) is 3.46. The van der Waals surface area contributed by atoms with E-state index in [1.165, 1.54) is 17.6 Å². The van der Waals surface area contributed by atoms with Crippen molar-refractivity contribution in [3.8, 4) is 0 Å². The summed E-state index contributed by atoms with van der Waals surface area (Å²) in [7, 11) is 0. The molecule has 0 saturated heterocycles. The van der Waals surface area contributed by atoms with Gasteiger partial charge in [-0.25, -0.2) is 0 Å². The van der Waals surface area contributed by atoms with E-state index in [-0.39, 0.29) is 0 Å². The van der Waals surface area contributed by atoms with Crippen LogP contribution < -0.4 is 0 Å². The van der Waals surface area contributed by atoms with Gasteiger partial charge in [0.15, 0.2) is 0 Å². The molecule has 0 heterocycles. The normalized spacial score (nSPS) is 26.8. The Morgan fingerprint density at radius 2 is 1.90 bits per heavy atom. The van der Waals surface area contributed by atoms with Gasteiger partial charge in [-0.05, 0) is 33.1 Å². The molecule has 0 fully saturated rings. The highest BCUT2D eigenvalue weighted by molar-refractivity contribution is 5.31. The second kappa shape index (κ2) is 2.61. The molecule has 10 heavy (non-hydrogen) atoms. The summed E-state index contributed by atoms with van der Waals surface area (Å²) in [6, 6.07) is 0. The van der Waals surface area contributed by atoms with Gasteiger partial charge in [0.2, 0.25) is 0 Å². The van der Waals surface area contributed by atoms with Crippen molar-refractivity contribution in [1.29, 1.82) is 0 Å². The van der Waals surface area contributed by atoms with Crippen molar-refractivity contribution in [1.82, 2.24) is 0 Å². The van der Waals surface area contributed by atoms with Crippen molar-refractivity contribution in [2.45, 2.75) is 34.1 Å². The van der Waals surface area contributed by atoms with Gasteiger partial charge in [-0.1, -0.05) is 29.7 Å². The van der Waals surface area contributed by atoms with E-state index >= 15 is 0 Å². The van der Waals surface area contributed by atoms with Gasteiger partial charge >= 0.3 is 0 Å². The Bertz CT molecular complexity index is 194. The molecular formula is C10H16. The van der Waals surface area contributed by atoms with Crippen LogP contribution in [0.15, 0.2) is 22.8 Å². The Morgan fingerprint density at radius 1 is 1.30 bits per heavy atom. The first-order valence-corrected chi connectivity index (χ1v) is 3.96. The summed E-state index contributed by atoms with van der Waals surface area (Å²) >= 11 is 0. The van der Waals surface area contributed by atoms with Crippen molar-refractivity contribution < 1.29 is 0 Å². The number of allylic oxidation sites excluding steroid dienone is 4. The lowest BCUT2D eigenvalue weighted by Gasteiger charge is -2.19. The van der Waals surface area contributed by atoms with Crippen LogP contribution in [0.25, 0.3) is 0 Å². The number of hydrogen-bond donors (Lipinski definition) is 0. The highest BCUT2D eigenvalue weighted by atomic mass is 14.2. The van der Waals surface area contributed by atoms with Crippen molar-refractivity contribution in [3.05, 3.63) is 22.8 Å². The fourth-order valence-corrected chi connectivity index (χ4v) is 1.39. The largest absolute Gasteiger partial charge is 0.0699 e. The van der Waals surface area contributed by atoms with Crippen LogP contribution in [0.2, 0.25) is 0 Å². The van der Waals surface area contributed by atoms with Gasteiger partial charge in [0.05, 0.1) is 0 Å². The molecule has 0 amide bonds. The van der Waals surface area contributed by atoms with Crippen LogP contribution in [-0.2, 0) is 0 Å². The third kappa shape index (κ3) is 1.31. The van der Waals surface area contributed by atoms with Crippen molar-refractivity contribution in [2.75, 3.05) is 0 Å². The van der Waals surface area contributed by atoms with Gasteiger partial charge in [-0.15, -0.1) is 0 Å². The van der Waals surface area contributed by atoms with Crippen LogP contribution in [0.1, 0.15) is 34.1 Å². The van der Waals surface area contributed by atoms with Gasteiger partial charge in [-0.2, -0.15) is 0 Å². The summed E-state index contributed by atoms with van der Waals surface area (Å²) in [6.07, 6.45) is 3.57. The lowest BCUT2D eigenvalue weighted by molar-refractivity contribution is 0.655. The van der Waals surface area contributed by atoms with E-state index < -0.39 is 0 Å². The molecule has 0 N–H and O–H groups in total. The molecule has 0 radical (unpaired) electrons. The summed E-state index contributed by atoms with van der Waals surface area (Å²) in [5, 5.41) is 0. The SMILES string of the molecule is CC1=CC(C)=C(C)C[C@@H]1C. The lowest BCUT2D eigenvalue weighted by atomic mass is 9.87. The highest BCUT2D eigenvalue weighted by Gasteiger charge is 2.11. The molecule has 0 aromatic carbocycles. The molecule has 0 aromatic heterocycles. The average Bonchev–Trinajstić information content (AvgIpc) is 1.84.